The van der Waals surface area contributed by atoms with Gasteiger partial charge in [0.2, 0.25) is 0 Å². The van der Waals surface area contributed by atoms with E-state index >= 15 is 0 Å². The Balaban J connectivity index is 2.27. The van der Waals surface area contributed by atoms with Crippen LogP contribution < -0.4 is 0 Å². The second kappa shape index (κ2) is 2.81. The Morgan fingerprint density at radius 2 is 2.00 bits per heavy atom. The molecule has 1 aromatic carbocycles. The third-order valence-corrected chi connectivity index (χ3v) is 1.82. The first-order valence-electron chi connectivity index (χ1n) is 3.81. The average Bonchev–Trinajstić information content (AvgIpc) is 2.53. The van der Waals surface area contributed by atoms with Crippen molar-refractivity contribution in [1.82, 2.24) is 0 Å². The minimum atomic E-state index is -0.0776. The fraction of sp³-hybridized carbons (Fsp3) is 0.100. The summed E-state index contributed by atoms with van der Waals surface area (Å²) in [5.41, 5.74) is 2.00. The minimum absolute atomic E-state index is 0.0776. The molecule has 1 atom stereocenters. The number of hydrogen-bond donors (Lipinski definition) is 0. The lowest BCUT2D eigenvalue weighted by Gasteiger charge is -2.08. The summed E-state index contributed by atoms with van der Waals surface area (Å²) < 4.78 is 0. The zero-order valence-corrected chi connectivity index (χ0v) is 6.60. The highest BCUT2D eigenvalue weighted by molar-refractivity contribution is 5.80. The Morgan fingerprint density at radius 1 is 1.25 bits per heavy atom. The monoisotopic (exact) mass is 159 g/mol. The third kappa shape index (κ3) is 1.11. The van der Waals surface area contributed by atoms with Crippen molar-refractivity contribution in [3.8, 4) is 0 Å². The van der Waals surface area contributed by atoms with Gasteiger partial charge in [0.25, 0.3) is 0 Å². The summed E-state index contributed by atoms with van der Waals surface area (Å²) in [6.07, 6.45) is 1.57. The summed E-state index contributed by atoms with van der Waals surface area (Å²) in [4.78, 5) is 5.12. The number of oxime groups is 1. The molecule has 1 unspecified atom stereocenters. The quantitative estimate of drug-likeness (QED) is 0.616. The van der Waals surface area contributed by atoms with E-state index in [4.69, 9.17) is 4.84 Å². The highest BCUT2D eigenvalue weighted by atomic mass is 16.6. The van der Waals surface area contributed by atoms with E-state index in [1.807, 2.05) is 30.3 Å². The first kappa shape index (κ1) is 7.10. The fourth-order valence-electron chi connectivity index (χ4n) is 1.20. The molecule has 2 nitrogen and oxygen atoms in total. The molecule has 0 aliphatic carbocycles. The number of benzene rings is 1. The SMILES string of the molecule is C=C1C=NOC1c1ccccc1. The summed E-state index contributed by atoms with van der Waals surface area (Å²) in [5, 5.41) is 3.70. The van der Waals surface area contributed by atoms with E-state index in [0.29, 0.717) is 0 Å². The van der Waals surface area contributed by atoms with Crippen LogP contribution in [-0.4, -0.2) is 6.21 Å². The molecule has 1 aromatic rings. The van der Waals surface area contributed by atoms with E-state index in [-0.39, 0.29) is 6.10 Å². The van der Waals surface area contributed by atoms with Crippen LogP contribution >= 0.6 is 0 Å². The molecule has 0 saturated carbocycles. The van der Waals surface area contributed by atoms with Gasteiger partial charge in [0.05, 0.1) is 6.21 Å². The van der Waals surface area contributed by atoms with Gasteiger partial charge < -0.3 is 4.84 Å². The molecule has 1 heterocycles. The van der Waals surface area contributed by atoms with Crippen molar-refractivity contribution in [2.24, 2.45) is 5.16 Å². The maximum absolute atomic E-state index is 5.12. The van der Waals surface area contributed by atoms with Crippen LogP contribution in [0.1, 0.15) is 11.7 Å². The van der Waals surface area contributed by atoms with Crippen molar-refractivity contribution in [3.63, 3.8) is 0 Å². The van der Waals surface area contributed by atoms with Gasteiger partial charge in [-0.3, -0.25) is 0 Å². The maximum Gasteiger partial charge on any atom is 0.178 e. The minimum Gasteiger partial charge on any atom is -0.383 e. The van der Waals surface area contributed by atoms with Gasteiger partial charge in [-0.1, -0.05) is 42.1 Å². The molecule has 0 spiro atoms. The number of rotatable bonds is 1. The summed E-state index contributed by atoms with van der Waals surface area (Å²) in [6.45, 7) is 3.84. The van der Waals surface area contributed by atoms with Crippen LogP contribution in [0.5, 0.6) is 0 Å². The van der Waals surface area contributed by atoms with Gasteiger partial charge in [-0.25, -0.2) is 0 Å². The molecule has 0 radical (unpaired) electrons. The highest BCUT2D eigenvalue weighted by Crippen LogP contribution is 2.27. The lowest BCUT2D eigenvalue weighted by molar-refractivity contribution is 0.105. The van der Waals surface area contributed by atoms with Gasteiger partial charge in [-0.2, -0.15) is 0 Å². The summed E-state index contributed by atoms with van der Waals surface area (Å²) >= 11 is 0. The molecule has 60 valence electrons. The van der Waals surface area contributed by atoms with Gasteiger partial charge in [0, 0.05) is 5.57 Å². The predicted octanol–water partition coefficient (Wildman–Crippen LogP) is 2.30. The van der Waals surface area contributed by atoms with Crippen LogP contribution in [0.25, 0.3) is 0 Å². The molecule has 0 N–H and O–H groups in total. The van der Waals surface area contributed by atoms with Gasteiger partial charge in [-0.05, 0) is 5.56 Å². The van der Waals surface area contributed by atoms with Gasteiger partial charge >= 0.3 is 0 Å². The Kier molecular flexibility index (Phi) is 1.67. The van der Waals surface area contributed by atoms with Gasteiger partial charge in [-0.15, -0.1) is 0 Å². The number of nitrogens with zero attached hydrogens (tertiary/aromatic N) is 1. The summed E-state index contributed by atoms with van der Waals surface area (Å²) in [6, 6.07) is 9.94. The molecule has 0 bridgehead atoms. The van der Waals surface area contributed by atoms with E-state index in [1.54, 1.807) is 6.21 Å². The second-order valence-corrected chi connectivity index (χ2v) is 2.71. The highest BCUT2D eigenvalue weighted by Gasteiger charge is 2.19. The normalized spacial score (nSPS) is 21.0. The molecular formula is C10H9NO. The molecule has 1 aliphatic rings. The van der Waals surface area contributed by atoms with Crippen molar-refractivity contribution < 1.29 is 4.84 Å². The van der Waals surface area contributed by atoms with Crippen LogP contribution in [0.3, 0.4) is 0 Å². The van der Waals surface area contributed by atoms with Crippen LogP contribution in [0.15, 0.2) is 47.6 Å². The van der Waals surface area contributed by atoms with Gasteiger partial charge in [0.1, 0.15) is 0 Å². The molecule has 2 heteroatoms. The second-order valence-electron chi connectivity index (χ2n) is 2.71. The Labute approximate surface area is 71.2 Å². The molecule has 12 heavy (non-hydrogen) atoms. The van der Waals surface area contributed by atoms with Crippen LogP contribution in [-0.2, 0) is 4.84 Å². The summed E-state index contributed by atoms with van der Waals surface area (Å²) in [5.74, 6) is 0. The van der Waals surface area contributed by atoms with Crippen molar-refractivity contribution >= 4 is 6.21 Å². The van der Waals surface area contributed by atoms with E-state index in [1.165, 1.54) is 0 Å². The van der Waals surface area contributed by atoms with Crippen LogP contribution in [0.2, 0.25) is 0 Å². The standard InChI is InChI=1S/C10H9NO/c1-8-7-11-12-10(8)9-5-3-2-4-6-9/h2-7,10H,1H2. The first-order chi connectivity index (χ1) is 5.88. The van der Waals surface area contributed by atoms with Crippen LogP contribution in [0, 0.1) is 0 Å². The molecule has 2 rings (SSSR count). The van der Waals surface area contributed by atoms with Crippen molar-refractivity contribution in [2.45, 2.75) is 6.10 Å². The van der Waals surface area contributed by atoms with E-state index in [2.05, 4.69) is 11.7 Å². The van der Waals surface area contributed by atoms with E-state index < -0.39 is 0 Å². The van der Waals surface area contributed by atoms with E-state index in [9.17, 15) is 0 Å². The average molecular weight is 159 g/mol. The Hall–Kier alpha value is -1.57. The lowest BCUT2D eigenvalue weighted by atomic mass is 10.0. The third-order valence-electron chi connectivity index (χ3n) is 1.82. The van der Waals surface area contributed by atoms with Gasteiger partial charge in [0.15, 0.2) is 6.10 Å². The fourth-order valence-corrected chi connectivity index (χ4v) is 1.20. The number of hydrogen-bond acceptors (Lipinski definition) is 2. The molecule has 0 fully saturated rings. The first-order valence-corrected chi connectivity index (χ1v) is 3.81. The molecule has 0 amide bonds. The maximum atomic E-state index is 5.12. The van der Waals surface area contributed by atoms with E-state index in [0.717, 1.165) is 11.1 Å². The largest absolute Gasteiger partial charge is 0.383 e. The lowest BCUT2D eigenvalue weighted by Crippen LogP contribution is -1.97. The van der Waals surface area contributed by atoms with Crippen molar-refractivity contribution in [1.29, 1.82) is 0 Å². The molecule has 0 saturated heterocycles. The smallest absolute Gasteiger partial charge is 0.178 e. The van der Waals surface area contributed by atoms with Crippen LogP contribution in [0.4, 0.5) is 0 Å². The Bertz CT molecular complexity index is 316. The summed E-state index contributed by atoms with van der Waals surface area (Å²) in [7, 11) is 0. The zero-order valence-electron chi connectivity index (χ0n) is 6.60. The molecule has 0 aromatic heterocycles. The van der Waals surface area contributed by atoms with Crippen molar-refractivity contribution in [3.05, 3.63) is 48.0 Å². The predicted molar refractivity (Wildman–Crippen MR) is 47.9 cm³/mol. The Morgan fingerprint density at radius 3 is 2.58 bits per heavy atom. The topological polar surface area (TPSA) is 21.6 Å². The zero-order chi connectivity index (χ0) is 8.39. The molecular weight excluding hydrogens is 150 g/mol. The molecule has 1 aliphatic heterocycles. The van der Waals surface area contributed by atoms with Crippen molar-refractivity contribution in [2.75, 3.05) is 0 Å².